The molecule has 0 saturated carbocycles. The van der Waals surface area contributed by atoms with Gasteiger partial charge in [-0.2, -0.15) is 0 Å². The number of carbonyl (C=O) groups is 1. The molecule has 2 aromatic carbocycles. The summed E-state index contributed by atoms with van der Waals surface area (Å²) < 4.78 is 19.4. The molecule has 0 aromatic heterocycles. The second-order valence-corrected chi connectivity index (χ2v) is 4.48. The Morgan fingerprint density at radius 2 is 2.00 bits per heavy atom. The van der Waals surface area contributed by atoms with Crippen LogP contribution in [0.4, 0.5) is 4.39 Å². The van der Waals surface area contributed by atoms with Crippen LogP contribution in [-0.4, -0.2) is 5.91 Å². The van der Waals surface area contributed by atoms with Crippen molar-refractivity contribution in [2.75, 3.05) is 0 Å². The number of benzene rings is 2. The van der Waals surface area contributed by atoms with Crippen LogP contribution < -0.4 is 10.5 Å². The van der Waals surface area contributed by atoms with E-state index in [0.29, 0.717) is 5.75 Å². The molecule has 5 heteroatoms. The summed E-state index contributed by atoms with van der Waals surface area (Å²) in [4.78, 5) is 11.2. The number of ether oxygens (including phenoxy) is 1. The van der Waals surface area contributed by atoms with Gasteiger partial charge in [0, 0.05) is 4.47 Å². The predicted octanol–water partition coefficient (Wildman–Crippen LogP) is 3.48. The first-order chi connectivity index (χ1) is 8.56. The molecule has 0 atom stereocenters. The zero-order chi connectivity index (χ0) is 13.1. The lowest BCUT2D eigenvalue weighted by atomic mass is 10.2. The summed E-state index contributed by atoms with van der Waals surface area (Å²) in [6, 6.07) is 10.7. The van der Waals surface area contributed by atoms with E-state index >= 15 is 0 Å². The topological polar surface area (TPSA) is 52.3 Å². The summed E-state index contributed by atoms with van der Waals surface area (Å²) in [5.41, 5.74) is 5.18. The van der Waals surface area contributed by atoms with Crippen LogP contribution in [0.5, 0.6) is 11.5 Å². The van der Waals surface area contributed by atoms with E-state index in [1.807, 2.05) is 6.07 Å². The Morgan fingerprint density at radius 3 is 2.67 bits per heavy atom. The first kappa shape index (κ1) is 12.6. The second kappa shape index (κ2) is 5.18. The number of halogens is 2. The summed E-state index contributed by atoms with van der Waals surface area (Å²) in [6.45, 7) is 0. The molecule has 0 aliphatic carbocycles. The molecular formula is C13H9BrFNO2. The smallest absolute Gasteiger partial charge is 0.252 e. The van der Waals surface area contributed by atoms with Crippen molar-refractivity contribution in [2.24, 2.45) is 5.73 Å². The molecule has 0 bridgehead atoms. The lowest BCUT2D eigenvalue weighted by molar-refractivity contribution is 0.0997. The number of hydrogen-bond acceptors (Lipinski definition) is 2. The zero-order valence-corrected chi connectivity index (χ0v) is 10.8. The summed E-state index contributed by atoms with van der Waals surface area (Å²) in [5.74, 6) is -0.523. The van der Waals surface area contributed by atoms with E-state index in [1.54, 1.807) is 18.2 Å². The molecule has 0 heterocycles. The van der Waals surface area contributed by atoms with Gasteiger partial charge < -0.3 is 10.5 Å². The van der Waals surface area contributed by atoms with Crippen molar-refractivity contribution in [3.63, 3.8) is 0 Å². The van der Waals surface area contributed by atoms with Crippen LogP contribution in [0.3, 0.4) is 0 Å². The van der Waals surface area contributed by atoms with Crippen molar-refractivity contribution in [1.82, 2.24) is 0 Å². The second-order valence-electron chi connectivity index (χ2n) is 3.56. The van der Waals surface area contributed by atoms with Gasteiger partial charge in [0.15, 0.2) is 0 Å². The van der Waals surface area contributed by atoms with Gasteiger partial charge in [0.25, 0.3) is 5.91 Å². The Labute approximate surface area is 112 Å². The molecule has 2 rings (SSSR count). The van der Waals surface area contributed by atoms with E-state index in [-0.39, 0.29) is 11.3 Å². The van der Waals surface area contributed by atoms with Crippen LogP contribution in [0, 0.1) is 5.82 Å². The number of primary amides is 1. The standard InChI is InChI=1S/C13H9BrFNO2/c14-8-2-1-3-10(6-8)18-12-5-4-9(15)7-11(12)13(16)17/h1-7H,(H2,16,17). The van der Waals surface area contributed by atoms with Crippen LogP contribution in [0.1, 0.15) is 10.4 Å². The number of nitrogens with two attached hydrogens (primary N) is 1. The molecule has 18 heavy (non-hydrogen) atoms. The monoisotopic (exact) mass is 309 g/mol. The van der Waals surface area contributed by atoms with Crippen LogP contribution in [0.15, 0.2) is 46.9 Å². The fourth-order valence-electron chi connectivity index (χ4n) is 1.44. The van der Waals surface area contributed by atoms with Crippen molar-refractivity contribution in [1.29, 1.82) is 0 Å². The minimum absolute atomic E-state index is 0.00924. The molecule has 0 saturated heterocycles. The average Bonchev–Trinajstić information content (AvgIpc) is 2.31. The highest BCUT2D eigenvalue weighted by Crippen LogP contribution is 2.27. The van der Waals surface area contributed by atoms with Crippen molar-refractivity contribution in [3.05, 3.63) is 58.3 Å². The maximum Gasteiger partial charge on any atom is 0.252 e. The van der Waals surface area contributed by atoms with Gasteiger partial charge in [-0.25, -0.2) is 4.39 Å². The third-order valence-corrected chi connectivity index (χ3v) is 2.72. The molecule has 0 unspecified atom stereocenters. The Morgan fingerprint density at radius 1 is 1.22 bits per heavy atom. The van der Waals surface area contributed by atoms with E-state index < -0.39 is 11.7 Å². The largest absolute Gasteiger partial charge is 0.456 e. The van der Waals surface area contributed by atoms with Crippen molar-refractivity contribution < 1.29 is 13.9 Å². The van der Waals surface area contributed by atoms with Crippen molar-refractivity contribution in [2.45, 2.75) is 0 Å². The first-order valence-corrected chi connectivity index (χ1v) is 5.88. The number of carbonyl (C=O) groups excluding carboxylic acids is 1. The lowest BCUT2D eigenvalue weighted by Crippen LogP contribution is -2.12. The Balaban J connectivity index is 2.37. The molecule has 2 aromatic rings. The molecule has 3 nitrogen and oxygen atoms in total. The number of hydrogen-bond donors (Lipinski definition) is 1. The molecule has 0 aliphatic rings. The zero-order valence-electron chi connectivity index (χ0n) is 9.19. The Bertz CT molecular complexity index is 601. The van der Waals surface area contributed by atoms with E-state index in [1.165, 1.54) is 12.1 Å². The third kappa shape index (κ3) is 2.87. The van der Waals surface area contributed by atoms with Gasteiger partial charge in [-0.05, 0) is 36.4 Å². The molecular weight excluding hydrogens is 301 g/mol. The van der Waals surface area contributed by atoms with Crippen LogP contribution in [0.25, 0.3) is 0 Å². The molecule has 92 valence electrons. The van der Waals surface area contributed by atoms with Crippen LogP contribution >= 0.6 is 15.9 Å². The first-order valence-electron chi connectivity index (χ1n) is 5.09. The van der Waals surface area contributed by atoms with Gasteiger partial charge in [0.05, 0.1) is 5.56 Å². The van der Waals surface area contributed by atoms with Crippen LogP contribution in [0.2, 0.25) is 0 Å². The summed E-state index contributed by atoms with van der Waals surface area (Å²) in [6.07, 6.45) is 0. The minimum atomic E-state index is -0.737. The maximum absolute atomic E-state index is 13.0. The summed E-state index contributed by atoms with van der Waals surface area (Å²) in [5, 5.41) is 0. The molecule has 0 aliphatic heterocycles. The summed E-state index contributed by atoms with van der Waals surface area (Å²) >= 11 is 3.30. The maximum atomic E-state index is 13.0. The lowest BCUT2D eigenvalue weighted by Gasteiger charge is -2.09. The highest BCUT2D eigenvalue weighted by molar-refractivity contribution is 9.10. The normalized spacial score (nSPS) is 10.1. The molecule has 2 N–H and O–H groups in total. The van der Waals surface area contributed by atoms with E-state index in [9.17, 15) is 9.18 Å². The van der Waals surface area contributed by atoms with Gasteiger partial charge in [-0.1, -0.05) is 22.0 Å². The average molecular weight is 310 g/mol. The Hall–Kier alpha value is -1.88. The van der Waals surface area contributed by atoms with Gasteiger partial charge >= 0.3 is 0 Å². The van der Waals surface area contributed by atoms with Gasteiger partial charge in [-0.3, -0.25) is 4.79 Å². The highest BCUT2D eigenvalue weighted by Gasteiger charge is 2.11. The quantitative estimate of drug-likeness (QED) is 0.943. The van der Waals surface area contributed by atoms with Crippen LogP contribution in [-0.2, 0) is 0 Å². The number of rotatable bonds is 3. The fourth-order valence-corrected chi connectivity index (χ4v) is 1.82. The summed E-state index contributed by atoms with van der Waals surface area (Å²) in [7, 11) is 0. The molecule has 0 radical (unpaired) electrons. The Kier molecular flexibility index (Phi) is 3.62. The van der Waals surface area contributed by atoms with Gasteiger partial charge in [0.1, 0.15) is 17.3 Å². The highest BCUT2D eigenvalue weighted by atomic mass is 79.9. The van der Waals surface area contributed by atoms with E-state index in [2.05, 4.69) is 15.9 Å². The molecule has 0 spiro atoms. The molecule has 0 fully saturated rings. The van der Waals surface area contributed by atoms with Crippen molar-refractivity contribution >= 4 is 21.8 Å². The predicted molar refractivity (Wildman–Crippen MR) is 69.1 cm³/mol. The van der Waals surface area contributed by atoms with Gasteiger partial charge in [-0.15, -0.1) is 0 Å². The third-order valence-electron chi connectivity index (χ3n) is 2.23. The fraction of sp³-hybridized carbons (Fsp3) is 0. The SMILES string of the molecule is NC(=O)c1cc(F)ccc1Oc1cccc(Br)c1. The van der Waals surface area contributed by atoms with Gasteiger partial charge in [0.2, 0.25) is 0 Å². The minimum Gasteiger partial charge on any atom is -0.456 e. The number of amides is 1. The van der Waals surface area contributed by atoms with E-state index in [0.717, 1.165) is 10.5 Å². The molecule has 1 amide bonds. The van der Waals surface area contributed by atoms with Crippen molar-refractivity contribution in [3.8, 4) is 11.5 Å². The van der Waals surface area contributed by atoms with E-state index in [4.69, 9.17) is 10.5 Å².